The lowest BCUT2D eigenvalue weighted by molar-refractivity contribution is -0.137. The van der Waals surface area contributed by atoms with Crippen LogP contribution < -0.4 is 14.8 Å². The van der Waals surface area contributed by atoms with Crippen molar-refractivity contribution in [1.29, 1.82) is 0 Å². The summed E-state index contributed by atoms with van der Waals surface area (Å²) in [7, 11) is 0. The van der Waals surface area contributed by atoms with Gasteiger partial charge in [0.05, 0.1) is 0 Å². The van der Waals surface area contributed by atoms with Crippen molar-refractivity contribution >= 4 is 5.97 Å². The minimum Gasteiger partial charge on any atom is -0.486 e. The summed E-state index contributed by atoms with van der Waals surface area (Å²) >= 11 is 0. The highest BCUT2D eigenvalue weighted by molar-refractivity contribution is 5.66. The summed E-state index contributed by atoms with van der Waals surface area (Å²) in [6.45, 7) is 3.09. The lowest BCUT2D eigenvalue weighted by atomic mass is 10.1. The Morgan fingerprint density at radius 3 is 2.71 bits per heavy atom. The second-order valence-electron chi connectivity index (χ2n) is 5.18. The molecule has 1 aromatic carbocycles. The van der Waals surface area contributed by atoms with Crippen LogP contribution in [0.5, 0.6) is 11.5 Å². The Kier molecular flexibility index (Phi) is 6.34. The largest absolute Gasteiger partial charge is 0.486 e. The van der Waals surface area contributed by atoms with Crippen molar-refractivity contribution < 1.29 is 19.4 Å². The predicted octanol–water partition coefficient (Wildman–Crippen LogP) is 2.23. The van der Waals surface area contributed by atoms with Gasteiger partial charge in [0.1, 0.15) is 13.2 Å². The molecule has 0 atom stereocenters. The molecular weight excluding hydrogens is 270 g/mol. The van der Waals surface area contributed by atoms with Crippen molar-refractivity contribution in [2.45, 2.75) is 32.1 Å². The van der Waals surface area contributed by atoms with Gasteiger partial charge in [-0.25, -0.2) is 0 Å². The molecule has 0 saturated heterocycles. The number of unbranched alkanes of at least 4 members (excludes halogenated alkanes) is 2. The number of ether oxygens (including phenoxy) is 2. The standard InChI is InChI=1S/C16H23NO4/c18-16(19)4-2-1-3-8-17-9-7-13-5-6-14-15(12-13)21-11-10-20-14/h5-6,12,17H,1-4,7-11H2,(H,18,19). The van der Waals surface area contributed by atoms with E-state index in [2.05, 4.69) is 11.4 Å². The van der Waals surface area contributed by atoms with Crippen LogP contribution in [0.1, 0.15) is 31.2 Å². The van der Waals surface area contributed by atoms with Gasteiger partial charge in [0.2, 0.25) is 0 Å². The topological polar surface area (TPSA) is 67.8 Å². The van der Waals surface area contributed by atoms with E-state index in [0.717, 1.165) is 50.3 Å². The molecule has 1 aliphatic rings. The molecule has 2 rings (SSSR count). The van der Waals surface area contributed by atoms with E-state index in [0.29, 0.717) is 13.2 Å². The maximum Gasteiger partial charge on any atom is 0.303 e. The van der Waals surface area contributed by atoms with Crippen molar-refractivity contribution in [3.8, 4) is 11.5 Å². The number of carbonyl (C=O) groups is 1. The second kappa shape index (κ2) is 8.52. The van der Waals surface area contributed by atoms with Crippen LogP contribution in [0.4, 0.5) is 0 Å². The third-order valence-electron chi connectivity index (χ3n) is 3.44. The van der Waals surface area contributed by atoms with Gasteiger partial charge in [-0.05, 0) is 50.0 Å². The summed E-state index contributed by atoms with van der Waals surface area (Å²) in [6.07, 6.45) is 3.97. The Morgan fingerprint density at radius 1 is 1.10 bits per heavy atom. The van der Waals surface area contributed by atoms with Crippen molar-refractivity contribution in [3.63, 3.8) is 0 Å². The van der Waals surface area contributed by atoms with E-state index in [4.69, 9.17) is 14.6 Å². The van der Waals surface area contributed by atoms with Gasteiger partial charge >= 0.3 is 5.97 Å². The van der Waals surface area contributed by atoms with E-state index in [1.807, 2.05) is 12.1 Å². The first-order valence-electron chi connectivity index (χ1n) is 7.57. The van der Waals surface area contributed by atoms with Crippen LogP contribution >= 0.6 is 0 Å². The molecular formula is C16H23NO4. The second-order valence-corrected chi connectivity index (χ2v) is 5.18. The van der Waals surface area contributed by atoms with Crippen molar-refractivity contribution in [1.82, 2.24) is 5.32 Å². The average molecular weight is 293 g/mol. The highest BCUT2D eigenvalue weighted by Crippen LogP contribution is 2.30. The number of carboxylic acid groups (broad SMARTS) is 1. The number of rotatable bonds is 9. The van der Waals surface area contributed by atoms with Crippen molar-refractivity contribution in [3.05, 3.63) is 23.8 Å². The average Bonchev–Trinajstić information content (AvgIpc) is 2.49. The van der Waals surface area contributed by atoms with Crippen LogP contribution in [-0.4, -0.2) is 37.4 Å². The van der Waals surface area contributed by atoms with E-state index >= 15 is 0 Å². The van der Waals surface area contributed by atoms with Crippen LogP contribution in [0.25, 0.3) is 0 Å². The summed E-state index contributed by atoms with van der Waals surface area (Å²) in [4.78, 5) is 10.4. The molecule has 1 heterocycles. The summed E-state index contributed by atoms with van der Waals surface area (Å²) < 4.78 is 11.1. The molecule has 1 aromatic rings. The summed E-state index contributed by atoms with van der Waals surface area (Å²) in [5, 5.41) is 11.9. The fraction of sp³-hybridized carbons (Fsp3) is 0.562. The normalized spacial score (nSPS) is 13.1. The number of nitrogens with one attached hydrogen (secondary N) is 1. The Labute approximate surface area is 125 Å². The molecule has 0 aliphatic carbocycles. The van der Waals surface area contributed by atoms with Gasteiger partial charge in [0.15, 0.2) is 11.5 Å². The maximum absolute atomic E-state index is 10.4. The number of benzene rings is 1. The van der Waals surface area contributed by atoms with E-state index in [-0.39, 0.29) is 6.42 Å². The number of hydrogen-bond donors (Lipinski definition) is 2. The third-order valence-corrected chi connectivity index (χ3v) is 3.44. The van der Waals surface area contributed by atoms with Crippen LogP contribution in [0.2, 0.25) is 0 Å². The van der Waals surface area contributed by atoms with Crippen molar-refractivity contribution in [2.24, 2.45) is 0 Å². The van der Waals surface area contributed by atoms with Crippen LogP contribution in [0.15, 0.2) is 18.2 Å². The first-order chi connectivity index (χ1) is 10.3. The molecule has 1 aliphatic heterocycles. The summed E-state index contributed by atoms with van der Waals surface area (Å²) in [6, 6.07) is 6.08. The molecule has 0 bridgehead atoms. The van der Waals surface area contributed by atoms with Gasteiger partial charge in [0.25, 0.3) is 0 Å². The third kappa shape index (κ3) is 5.63. The lowest BCUT2D eigenvalue weighted by Gasteiger charge is -2.18. The van der Waals surface area contributed by atoms with E-state index in [1.54, 1.807) is 0 Å². The lowest BCUT2D eigenvalue weighted by Crippen LogP contribution is -2.19. The smallest absolute Gasteiger partial charge is 0.303 e. The fourth-order valence-corrected chi connectivity index (χ4v) is 2.30. The predicted molar refractivity (Wildman–Crippen MR) is 80.1 cm³/mol. The van der Waals surface area contributed by atoms with E-state index in [9.17, 15) is 4.79 Å². The quantitative estimate of drug-likeness (QED) is 0.683. The zero-order valence-corrected chi connectivity index (χ0v) is 12.3. The highest BCUT2D eigenvalue weighted by Gasteiger charge is 2.11. The van der Waals surface area contributed by atoms with Gasteiger partial charge in [0, 0.05) is 6.42 Å². The Hall–Kier alpha value is -1.75. The number of fused-ring (bicyclic) bond motifs is 1. The first-order valence-corrected chi connectivity index (χ1v) is 7.57. The zero-order chi connectivity index (χ0) is 14.9. The molecule has 0 spiro atoms. The van der Waals surface area contributed by atoms with Gasteiger partial charge in [-0.2, -0.15) is 0 Å². The molecule has 0 radical (unpaired) electrons. The van der Waals surface area contributed by atoms with Crippen LogP contribution in [0.3, 0.4) is 0 Å². The maximum atomic E-state index is 10.4. The zero-order valence-electron chi connectivity index (χ0n) is 12.3. The molecule has 116 valence electrons. The molecule has 0 saturated carbocycles. The molecule has 5 nitrogen and oxygen atoms in total. The molecule has 0 aromatic heterocycles. The highest BCUT2D eigenvalue weighted by atomic mass is 16.6. The number of hydrogen-bond acceptors (Lipinski definition) is 4. The molecule has 0 amide bonds. The van der Waals surface area contributed by atoms with Crippen LogP contribution in [-0.2, 0) is 11.2 Å². The summed E-state index contributed by atoms with van der Waals surface area (Å²) in [5.74, 6) is 0.963. The molecule has 2 N–H and O–H groups in total. The molecule has 0 unspecified atom stereocenters. The van der Waals surface area contributed by atoms with E-state index in [1.165, 1.54) is 5.56 Å². The minimum absolute atomic E-state index is 0.275. The number of carboxylic acids is 1. The summed E-state index contributed by atoms with van der Waals surface area (Å²) in [5.41, 5.74) is 1.23. The Morgan fingerprint density at radius 2 is 1.90 bits per heavy atom. The SMILES string of the molecule is O=C(O)CCCCCNCCc1ccc2c(c1)OCCO2. The van der Waals surface area contributed by atoms with Gasteiger partial charge in [-0.1, -0.05) is 12.5 Å². The first kappa shape index (κ1) is 15.6. The molecule has 21 heavy (non-hydrogen) atoms. The minimum atomic E-state index is -0.707. The van der Waals surface area contributed by atoms with Gasteiger partial charge < -0.3 is 19.9 Å². The van der Waals surface area contributed by atoms with Gasteiger partial charge in [-0.3, -0.25) is 4.79 Å². The fourth-order valence-electron chi connectivity index (χ4n) is 2.30. The molecule has 5 heteroatoms. The number of aliphatic carboxylic acids is 1. The van der Waals surface area contributed by atoms with Crippen LogP contribution in [0, 0.1) is 0 Å². The Bertz CT molecular complexity index is 462. The van der Waals surface area contributed by atoms with Gasteiger partial charge in [-0.15, -0.1) is 0 Å². The monoisotopic (exact) mass is 293 g/mol. The van der Waals surface area contributed by atoms with Crippen molar-refractivity contribution in [2.75, 3.05) is 26.3 Å². The molecule has 0 fully saturated rings. The Balaban J connectivity index is 1.57. The van der Waals surface area contributed by atoms with E-state index < -0.39 is 5.97 Å².